The third-order valence-corrected chi connectivity index (χ3v) is 4.70. The lowest BCUT2D eigenvalue weighted by Gasteiger charge is -2.19. The lowest BCUT2D eigenvalue weighted by atomic mass is 10.0. The molecule has 0 aliphatic heterocycles. The first-order valence-corrected chi connectivity index (χ1v) is 10.6. The summed E-state index contributed by atoms with van der Waals surface area (Å²) in [5.74, 6) is 1.95. The van der Waals surface area contributed by atoms with Gasteiger partial charge in [-0.05, 0) is 81.3 Å². The molecule has 4 nitrogen and oxygen atoms in total. The third-order valence-electron chi connectivity index (χ3n) is 4.70. The molecule has 0 aliphatic carbocycles. The average molecular weight is 398 g/mol. The predicted octanol–water partition coefficient (Wildman–Crippen LogP) is 5.42. The molecule has 0 bridgehead atoms. The molecular weight excluding hydrogens is 362 g/mol. The van der Waals surface area contributed by atoms with Gasteiger partial charge in [0.25, 0.3) is 5.91 Å². The summed E-state index contributed by atoms with van der Waals surface area (Å²) < 4.78 is 11.6. The molecule has 4 heteroatoms. The van der Waals surface area contributed by atoms with Gasteiger partial charge in [-0.3, -0.25) is 4.79 Å². The normalized spacial score (nSPS) is 12.1. The first-order valence-electron chi connectivity index (χ1n) is 10.6. The summed E-state index contributed by atoms with van der Waals surface area (Å²) in [7, 11) is 0. The summed E-state index contributed by atoms with van der Waals surface area (Å²) in [6.45, 7) is 12.8. The summed E-state index contributed by atoms with van der Waals surface area (Å²) in [5.41, 5.74) is 3.49. The summed E-state index contributed by atoms with van der Waals surface area (Å²) in [6.07, 6.45) is 1.44. The molecule has 1 N–H and O–H groups in total. The topological polar surface area (TPSA) is 47.6 Å². The van der Waals surface area contributed by atoms with Crippen molar-refractivity contribution >= 4 is 5.91 Å². The highest BCUT2D eigenvalue weighted by atomic mass is 16.5. The molecule has 0 aromatic heterocycles. The van der Waals surface area contributed by atoms with E-state index < -0.39 is 6.10 Å². The van der Waals surface area contributed by atoms with Crippen molar-refractivity contribution in [2.24, 2.45) is 0 Å². The standard InChI is InChI=1S/C25H35NO3/c1-17(2)23-14-9-19(5)16-24(23)29-20(6)25(27)26-15-7-8-21-10-12-22(13-11-21)28-18(3)4/h9-14,16-18,20H,7-8,15H2,1-6H3,(H,26,27)/t20-/m1/s1. The monoisotopic (exact) mass is 397 g/mol. The van der Waals surface area contributed by atoms with E-state index >= 15 is 0 Å². The van der Waals surface area contributed by atoms with Crippen LogP contribution in [0.5, 0.6) is 11.5 Å². The number of carbonyl (C=O) groups excluding carboxylic acids is 1. The van der Waals surface area contributed by atoms with Crippen molar-refractivity contribution in [3.8, 4) is 11.5 Å². The number of carbonyl (C=O) groups is 1. The van der Waals surface area contributed by atoms with E-state index in [1.54, 1.807) is 6.92 Å². The molecule has 0 aliphatic rings. The van der Waals surface area contributed by atoms with Crippen LogP contribution in [0.3, 0.4) is 0 Å². The van der Waals surface area contributed by atoms with Gasteiger partial charge in [0.2, 0.25) is 0 Å². The second-order valence-electron chi connectivity index (χ2n) is 8.16. The molecule has 1 atom stereocenters. The van der Waals surface area contributed by atoms with E-state index in [1.165, 1.54) is 5.56 Å². The summed E-state index contributed by atoms with van der Waals surface area (Å²) >= 11 is 0. The zero-order chi connectivity index (χ0) is 21.4. The van der Waals surface area contributed by atoms with Crippen LogP contribution in [0.15, 0.2) is 42.5 Å². The fourth-order valence-electron chi connectivity index (χ4n) is 3.12. The van der Waals surface area contributed by atoms with Crippen LogP contribution in [0.2, 0.25) is 0 Å². The fourth-order valence-corrected chi connectivity index (χ4v) is 3.12. The summed E-state index contributed by atoms with van der Waals surface area (Å²) in [5, 5.41) is 2.99. The molecule has 1 amide bonds. The van der Waals surface area contributed by atoms with Crippen molar-refractivity contribution in [2.75, 3.05) is 6.54 Å². The number of nitrogens with one attached hydrogen (secondary N) is 1. The zero-order valence-electron chi connectivity index (χ0n) is 18.6. The smallest absolute Gasteiger partial charge is 0.260 e. The molecule has 0 saturated carbocycles. The van der Waals surface area contributed by atoms with E-state index in [4.69, 9.17) is 9.47 Å². The fraction of sp³-hybridized carbons (Fsp3) is 0.480. The Morgan fingerprint density at radius 3 is 2.28 bits per heavy atom. The van der Waals surface area contributed by atoms with Gasteiger partial charge in [0.1, 0.15) is 11.5 Å². The lowest BCUT2D eigenvalue weighted by molar-refractivity contribution is -0.127. The van der Waals surface area contributed by atoms with Gasteiger partial charge >= 0.3 is 0 Å². The first-order chi connectivity index (χ1) is 13.8. The molecule has 29 heavy (non-hydrogen) atoms. The van der Waals surface area contributed by atoms with Crippen LogP contribution in [-0.2, 0) is 11.2 Å². The van der Waals surface area contributed by atoms with Gasteiger partial charge < -0.3 is 14.8 Å². The average Bonchev–Trinajstić information content (AvgIpc) is 2.65. The van der Waals surface area contributed by atoms with Crippen LogP contribution in [0, 0.1) is 6.92 Å². The Balaban J connectivity index is 1.78. The molecule has 2 rings (SSSR count). The molecule has 0 heterocycles. The second-order valence-corrected chi connectivity index (χ2v) is 8.16. The maximum atomic E-state index is 12.4. The highest BCUT2D eigenvalue weighted by Gasteiger charge is 2.17. The van der Waals surface area contributed by atoms with Gasteiger partial charge in [0, 0.05) is 6.54 Å². The van der Waals surface area contributed by atoms with Crippen LogP contribution in [0.1, 0.15) is 63.6 Å². The number of amides is 1. The van der Waals surface area contributed by atoms with Gasteiger partial charge in [-0.2, -0.15) is 0 Å². The molecule has 0 unspecified atom stereocenters. The van der Waals surface area contributed by atoms with E-state index in [0.29, 0.717) is 12.5 Å². The Kier molecular flexibility index (Phi) is 8.56. The van der Waals surface area contributed by atoms with Crippen LogP contribution in [-0.4, -0.2) is 24.7 Å². The van der Waals surface area contributed by atoms with Gasteiger partial charge in [0.05, 0.1) is 6.10 Å². The number of aryl methyl sites for hydroxylation is 2. The highest BCUT2D eigenvalue weighted by Crippen LogP contribution is 2.28. The van der Waals surface area contributed by atoms with Gasteiger partial charge in [-0.1, -0.05) is 38.1 Å². The Morgan fingerprint density at radius 2 is 1.66 bits per heavy atom. The summed E-state index contributed by atoms with van der Waals surface area (Å²) in [4.78, 5) is 12.4. The SMILES string of the molecule is Cc1ccc(C(C)C)c(O[C@H](C)C(=O)NCCCc2ccc(OC(C)C)cc2)c1. The molecular formula is C25H35NO3. The van der Waals surface area contributed by atoms with Crippen molar-refractivity contribution in [3.63, 3.8) is 0 Å². The number of hydrogen-bond acceptors (Lipinski definition) is 3. The summed E-state index contributed by atoms with van der Waals surface area (Å²) in [6, 6.07) is 14.3. The second kappa shape index (κ2) is 10.9. The van der Waals surface area contributed by atoms with Crippen molar-refractivity contribution in [1.82, 2.24) is 5.32 Å². The zero-order valence-corrected chi connectivity index (χ0v) is 18.6. The van der Waals surface area contributed by atoms with Crippen molar-refractivity contribution in [3.05, 3.63) is 59.2 Å². The van der Waals surface area contributed by atoms with Crippen molar-refractivity contribution < 1.29 is 14.3 Å². The molecule has 0 spiro atoms. The van der Waals surface area contributed by atoms with E-state index in [9.17, 15) is 4.79 Å². The Labute approximate surface area is 175 Å². The third kappa shape index (κ3) is 7.45. The van der Waals surface area contributed by atoms with Crippen LogP contribution >= 0.6 is 0 Å². The largest absolute Gasteiger partial charge is 0.491 e. The quantitative estimate of drug-likeness (QED) is 0.544. The lowest BCUT2D eigenvalue weighted by Crippen LogP contribution is -2.37. The van der Waals surface area contributed by atoms with E-state index in [-0.39, 0.29) is 12.0 Å². The van der Waals surface area contributed by atoms with Gasteiger partial charge in [-0.15, -0.1) is 0 Å². The molecule has 2 aromatic carbocycles. The van der Waals surface area contributed by atoms with Crippen molar-refractivity contribution in [2.45, 2.75) is 72.5 Å². The maximum Gasteiger partial charge on any atom is 0.260 e. The Bertz CT molecular complexity index is 781. The van der Waals surface area contributed by atoms with Crippen LogP contribution in [0.4, 0.5) is 0 Å². The van der Waals surface area contributed by atoms with Crippen molar-refractivity contribution in [1.29, 1.82) is 0 Å². The first kappa shape index (κ1) is 22.8. The Hall–Kier alpha value is -2.49. The molecule has 0 saturated heterocycles. The molecule has 2 aromatic rings. The van der Waals surface area contributed by atoms with Crippen LogP contribution < -0.4 is 14.8 Å². The minimum absolute atomic E-state index is 0.0816. The van der Waals surface area contributed by atoms with E-state index in [0.717, 1.165) is 35.5 Å². The van der Waals surface area contributed by atoms with Gasteiger partial charge in [0.15, 0.2) is 6.10 Å². The molecule has 0 radical (unpaired) electrons. The van der Waals surface area contributed by atoms with E-state index in [1.807, 2.05) is 39.0 Å². The predicted molar refractivity (Wildman–Crippen MR) is 119 cm³/mol. The number of benzene rings is 2. The minimum Gasteiger partial charge on any atom is -0.491 e. The maximum absolute atomic E-state index is 12.4. The Morgan fingerprint density at radius 1 is 0.966 bits per heavy atom. The number of hydrogen-bond donors (Lipinski definition) is 1. The van der Waals surface area contributed by atoms with Crippen LogP contribution in [0.25, 0.3) is 0 Å². The number of rotatable bonds is 10. The van der Waals surface area contributed by atoms with Gasteiger partial charge in [-0.25, -0.2) is 0 Å². The molecule has 0 fully saturated rings. The van der Waals surface area contributed by atoms with E-state index in [2.05, 4.69) is 43.4 Å². The number of ether oxygens (including phenoxy) is 2. The highest BCUT2D eigenvalue weighted by molar-refractivity contribution is 5.80. The minimum atomic E-state index is -0.526. The molecule has 158 valence electrons.